The van der Waals surface area contributed by atoms with Gasteiger partial charge in [0.05, 0.1) is 22.2 Å². The van der Waals surface area contributed by atoms with Crippen molar-refractivity contribution in [2.75, 3.05) is 52.3 Å². The zero-order valence-electron chi connectivity index (χ0n) is 21.7. The average molecular weight is 567 g/mol. The Labute approximate surface area is 229 Å². The molecule has 1 atom stereocenters. The summed E-state index contributed by atoms with van der Waals surface area (Å²) >= 11 is 1.44. The highest BCUT2D eigenvalue weighted by atomic mass is 35.5. The number of halogens is 1. The minimum absolute atomic E-state index is 0. The molecule has 1 saturated heterocycles. The average Bonchev–Trinajstić information content (AvgIpc) is 3.29. The number of methoxy groups -OCH3 is 1. The van der Waals surface area contributed by atoms with Gasteiger partial charge in [-0.2, -0.15) is 4.31 Å². The maximum absolute atomic E-state index is 13.6. The molecule has 4 rings (SSSR count). The monoisotopic (exact) mass is 566 g/mol. The van der Waals surface area contributed by atoms with Crippen LogP contribution in [0.2, 0.25) is 0 Å². The summed E-state index contributed by atoms with van der Waals surface area (Å²) in [4.78, 5) is 22.3. The zero-order chi connectivity index (χ0) is 25.9. The predicted molar refractivity (Wildman–Crippen MR) is 152 cm³/mol. The Hall–Kier alpha value is -2.24. The van der Waals surface area contributed by atoms with Gasteiger partial charge >= 0.3 is 0 Å². The van der Waals surface area contributed by atoms with Crippen LogP contribution in [0.15, 0.2) is 47.4 Å². The lowest BCUT2D eigenvalue weighted by molar-refractivity contribution is 0.0986. The number of carbonyl (C=O) groups excluding carboxylic acids is 1. The number of piperidine rings is 1. The van der Waals surface area contributed by atoms with E-state index < -0.39 is 10.0 Å². The number of rotatable bonds is 9. The van der Waals surface area contributed by atoms with E-state index in [0.717, 1.165) is 41.8 Å². The normalized spacial score (nSPS) is 16.5. The molecule has 2 aromatic carbocycles. The molecule has 0 spiro atoms. The van der Waals surface area contributed by atoms with Crippen LogP contribution in [0, 0.1) is 5.92 Å². The third kappa shape index (κ3) is 6.80. The standard InChI is InChI=1S/C26H34N4O4S2.ClH/c1-19-7-5-15-29(18-19)36(32,33)22-11-8-20(9-12-22)25(31)30(16-6-14-28(2)3)26-27-23-13-10-21(34-4)17-24(23)35-26;/h8-13,17,19H,5-7,14-16,18H2,1-4H3;1H. The fourth-order valence-electron chi connectivity index (χ4n) is 4.40. The van der Waals surface area contributed by atoms with E-state index >= 15 is 0 Å². The molecule has 1 aliphatic heterocycles. The fourth-order valence-corrected chi connectivity index (χ4v) is 7.02. The van der Waals surface area contributed by atoms with E-state index in [1.165, 1.54) is 11.3 Å². The van der Waals surface area contributed by atoms with Gasteiger partial charge in [-0.3, -0.25) is 9.69 Å². The first-order valence-corrected chi connectivity index (χ1v) is 14.5. The van der Waals surface area contributed by atoms with Crippen molar-refractivity contribution in [1.29, 1.82) is 0 Å². The highest BCUT2D eigenvalue weighted by Crippen LogP contribution is 2.32. The number of hydrogen-bond donors (Lipinski definition) is 0. The van der Waals surface area contributed by atoms with Gasteiger partial charge in [0.2, 0.25) is 10.0 Å². The van der Waals surface area contributed by atoms with Crippen LogP contribution in [-0.4, -0.2) is 75.9 Å². The third-order valence-corrected chi connectivity index (χ3v) is 9.33. The summed E-state index contributed by atoms with van der Waals surface area (Å²) in [6.07, 6.45) is 2.69. The molecule has 1 aromatic heterocycles. The topological polar surface area (TPSA) is 83.0 Å². The summed E-state index contributed by atoms with van der Waals surface area (Å²) in [5.74, 6) is 0.886. The zero-order valence-corrected chi connectivity index (χ0v) is 24.2. The largest absolute Gasteiger partial charge is 0.497 e. The molecular formula is C26H35ClN4O4S2. The van der Waals surface area contributed by atoms with Crippen molar-refractivity contribution < 1.29 is 17.9 Å². The maximum Gasteiger partial charge on any atom is 0.260 e. The molecule has 8 nitrogen and oxygen atoms in total. The number of sulfonamides is 1. The summed E-state index contributed by atoms with van der Waals surface area (Å²) in [5, 5.41) is 0.612. The number of amides is 1. The van der Waals surface area contributed by atoms with E-state index in [1.54, 1.807) is 40.6 Å². The number of benzene rings is 2. The van der Waals surface area contributed by atoms with Gasteiger partial charge in [0.1, 0.15) is 5.75 Å². The quantitative estimate of drug-likeness (QED) is 0.372. The van der Waals surface area contributed by atoms with Crippen molar-refractivity contribution in [2.45, 2.75) is 31.1 Å². The number of hydrogen-bond acceptors (Lipinski definition) is 7. The number of nitrogens with zero attached hydrogens (tertiary/aromatic N) is 4. The van der Waals surface area contributed by atoms with E-state index in [4.69, 9.17) is 9.72 Å². The summed E-state index contributed by atoms with van der Waals surface area (Å²) in [6, 6.07) is 12.0. The molecule has 0 N–H and O–H groups in total. The van der Waals surface area contributed by atoms with Crippen LogP contribution in [0.4, 0.5) is 5.13 Å². The van der Waals surface area contributed by atoms with Crippen molar-refractivity contribution in [3.8, 4) is 5.75 Å². The van der Waals surface area contributed by atoms with Crippen molar-refractivity contribution in [2.24, 2.45) is 5.92 Å². The van der Waals surface area contributed by atoms with Gasteiger partial charge in [0.25, 0.3) is 5.91 Å². The molecule has 202 valence electrons. The van der Waals surface area contributed by atoms with Crippen LogP contribution in [0.25, 0.3) is 10.2 Å². The third-order valence-electron chi connectivity index (χ3n) is 6.41. The molecule has 1 fully saturated rings. The van der Waals surface area contributed by atoms with Gasteiger partial charge in [-0.25, -0.2) is 13.4 Å². The number of aromatic nitrogens is 1. The second kappa shape index (κ2) is 12.5. The smallest absolute Gasteiger partial charge is 0.260 e. The van der Waals surface area contributed by atoms with Gasteiger partial charge < -0.3 is 9.64 Å². The Morgan fingerprint density at radius 1 is 1.16 bits per heavy atom. The molecule has 0 saturated carbocycles. The first-order chi connectivity index (χ1) is 17.2. The second-order valence-corrected chi connectivity index (χ2v) is 12.5. The van der Waals surface area contributed by atoms with Gasteiger partial charge in [0.15, 0.2) is 5.13 Å². The molecule has 1 unspecified atom stereocenters. The van der Waals surface area contributed by atoms with Gasteiger partial charge in [0, 0.05) is 25.2 Å². The molecule has 2 heterocycles. The molecule has 11 heteroatoms. The number of anilines is 1. The van der Waals surface area contributed by atoms with E-state index in [-0.39, 0.29) is 23.2 Å². The van der Waals surface area contributed by atoms with E-state index in [2.05, 4.69) is 11.8 Å². The summed E-state index contributed by atoms with van der Waals surface area (Å²) < 4.78 is 34.1. The van der Waals surface area contributed by atoms with Crippen molar-refractivity contribution in [3.63, 3.8) is 0 Å². The molecule has 1 amide bonds. The molecule has 1 aliphatic rings. The highest BCUT2D eigenvalue weighted by Gasteiger charge is 2.29. The Morgan fingerprint density at radius 3 is 2.54 bits per heavy atom. The lowest BCUT2D eigenvalue weighted by atomic mass is 10.0. The Bertz CT molecular complexity index is 1310. The number of thiazole rings is 1. The molecular weight excluding hydrogens is 532 g/mol. The van der Waals surface area contributed by atoms with Crippen molar-refractivity contribution in [1.82, 2.24) is 14.2 Å². The highest BCUT2D eigenvalue weighted by molar-refractivity contribution is 7.89. The first-order valence-electron chi connectivity index (χ1n) is 12.2. The van der Waals surface area contributed by atoms with E-state index in [0.29, 0.717) is 36.2 Å². The molecule has 0 radical (unpaired) electrons. The maximum atomic E-state index is 13.6. The van der Waals surface area contributed by atoms with Gasteiger partial charge in [-0.05, 0) is 88.3 Å². The van der Waals surface area contributed by atoms with Crippen molar-refractivity contribution >= 4 is 55.0 Å². The first kappa shape index (κ1) is 29.3. The number of fused-ring (bicyclic) bond motifs is 1. The van der Waals surface area contributed by atoms with Gasteiger partial charge in [-0.15, -0.1) is 12.4 Å². The summed E-state index contributed by atoms with van der Waals surface area (Å²) in [5.41, 5.74) is 1.24. The van der Waals surface area contributed by atoms with Gasteiger partial charge in [-0.1, -0.05) is 18.3 Å². The van der Waals surface area contributed by atoms with Crippen LogP contribution in [0.1, 0.15) is 36.5 Å². The van der Waals surface area contributed by atoms with Crippen LogP contribution < -0.4 is 9.64 Å². The fraction of sp³-hybridized carbons (Fsp3) is 0.462. The summed E-state index contributed by atoms with van der Waals surface area (Å²) in [6.45, 7) is 4.47. The lowest BCUT2D eigenvalue weighted by Gasteiger charge is -2.30. The SMILES string of the molecule is COc1ccc2nc(N(CCCN(C)C)C(=O)c3ccc(S(=O)(=O)N4CCCC(C)C4)cc3)sc2c1.Cl. The lowest BCUT2D eigenvalue weighted by Crippen LogP contribution is -2.39. The Balaban J connectivity index is 0.00000380. The molecule has 3 aromatic rings. The number of ether oxygens (including phenoxy) is 1. The van der Waals surface area contributed by atoms with Crippen LogP contribution >= 0.6 is 23.7 Å². The Kier molecular flexibility index (Phi) is 9.93. The van der Waals surface area contributed by atoms with Crippen LogP contribution in [0.5, 0.6) is 5.75 Å². The van der Waals surface area contributed by atoms with E-state index in [9.17, 15) is 13.2 Å². The van der Waals surface area contributed by atoms with Crippen molar-refractivity contribution in [3.05, 3.63) is 48.0 Å². The minimum atomic E-state index is -3.58. The van der Waals surface area contributed by atoms with E-state index in [1.807, 2.05) is 32.3 Å². The van der Waals surface area contributed by atoms with Crippen LogP contribution in [-0.2, 0) is 10.0 Å². The molecule has 0 aliphatic carbocycles. The predicted octanol–water partition coefficient (Wildman–Crippen LogP) is 4.75. The molecule has 0 bridgehead atoms. The summed E-state index contributed by atoms with van der Waals surface area (Å²) in [7, 11) is 2.04. The second-order valence-electron chi connectivity index (χ2n) is 9.58. The number of carbonyl (C=O) groups is 1. The minimum Gasteiger partial charge on any atom is -0.497 e. The Morgan fingerprint density at radius 2 is 1.89 bits per heavy atom. The van der Waals surface area contributed by atoms with Crippen LogP contribution in [0.3, 0.4) is 0 Å². The molecule has 37 heavy (non-hydrogen) atoms.